The molecule has 62 valence electrons. The quantitative estimate of drug-likeness (QED) is 0.279. The molecule has 11 heavy (non-hydrogen) atoms. The molecule has 0 saturated heterocycles. The van der Waals surface area contributed by atoms with Gasteiger partial charge in [0.05, 0.1) is 12.6 Å². The number of carbonyl (C=O) groups is 1. The molecule has 1 amide bonds. The normalized spacial score (nSPS) is 9.36. The molecule has 4 nitrogen and oxygen atoms in total. The lowest BCUT2D eigenvalue weighted by atomic mass is 10.7. The highest BCUT2D eigenvalue weighted by atomic mass is 32.2. The molecule has 0 N–H and O–H groups in total. The van der Waals surface area contributed by atoms with Crippen molar-refractivity contribution in [2.75, 3.05) is 20.6 Å². The van der Waals surface area contributed by atoms with Crippen molar-refractivity contribution in [1.82, 2.24) is 8.61 Å². The molecule has 0 atom stereocenters. The van der Waals surface area contributed by atoms with Gasteiger partial charge in [-0.2, -0.15) is 5.26 Å². The van der Waals surface area contributed by atoms with Crippen molar-refractivity contribution in [2.24, 2.45) is 0 Å². The fourth-order valence-corrected chi connectivity index (χ4v) is 0.967. The van der Waals surface area contributed by atoms with E-state index in [-0.39, 0.29) is 6.54 Å². The summed E-state index contributed by atoms with van der Waals surface area (Å²) >= 11 is 0.852. The monoisotopic (exact) mass is 177 g/mol. The highest BCUT2D eigenvalue weighted by molar-refractivity contribution is 7.95. The van der Waals surface area contributed by atoms with Crippen LogP contribution in [0.3, 0.4) is 0 Å². The third kappa shape index (κ3) is 4.58. The van der Waals surface area contributed by atoms with Crippen molar-refractivity contribution in [3.63, 3.8) is 0 Å². The van der Waals surface area contributed by atoms with E-state index in [1.54, 1.807) is 7.05 Å². The van der Waals surface area contributed by atoms with Crippen LogP contribution in [0.4, 0.5) is 9.18 Å². The topological polar surface area (TPSA) is 47.3 Å². The van der Waals surface area contributed by atoms with Crippen molar-refractivity contribution < 1.29 is 9.18 Å². The average Bonchev–Trinajstić information content (AvgIpc) is 1.87. The van der Waals surface area contributed by atoms with E-state index in [1.807, 2.05) is 6.07 Å². The predicted octanol–water partition coefficient (Wildman–Crippen LogP) is 1.03. The van der Waals surface area contributed by atoms with Crippen molar-refractivity contribution in [2.45, 2.75) is 0 Å². The molecular formula is C5H8FN3OS. The van der Waals surface area contributed by atoms with Gasteiger partial charge in [-0.15, -0.1) is 4.39 Å². The number of halogens is 1. The number of nitriles is 1. The number of hydrogen-bond donors (Lipinski definition) is 0. The summed E-state index contributed by atoms with van der Waals surface area (Å²) < 4.78 is 14.1. The Hall–Kier alpha value is -0.800. The molecule has 0 aromatic heterocycles. The van der Waals surface area contributed by atoms with Crippen LogP contribution in [0.25, 0.3) is 0 Å². The van der Waals surface area contributed by atoms with Crippen LogP contribution in [-0.2, 0) is 0 Å². The zero-order valence-electron chi connectivity index (χ0n) is 6.24. The van der Waals surface area contributed by atoms with Crippen molar-refractivity contribution in [1.29, 1.82) is 5.26 Å². The molecule has 0 aliphatic rings. The molecule has 0 spiro atoms. The Morgan fingerprint density at radius 3 is 2.64 bits per heavy atom. The summed E-state index contributed by atoms with van der Waals surface area (Å²) in [6.07, 6.45) is -1.53. The van der Waals surface area contributed by atoms with E-state index in [1.165, 1.54) is 11.4 Å². The van der Waals surface area contributed by atoms with Crippen LogP contribution in [0.1, 0.15) is 0 Å². The highest BCUT2D eigenvalue weighted by Gasteiger charge is 2.09. The number of amides is 1. The van der Waals surface area contributed by atoms with Gasteiger partial charge in [0.25, 0.3) is 0 Å². The van der Waals surface area contributed by atoms with Gasteiger partial charge in [-0.25, -0.2) is 13.4 Å². The van der Waals surface area contributed by atoms with Crippen molar-refractivity contribution >= 4 is 18.3 Å². The first kappa shape index (κ1) is 10.2. The smallest absolute Gasteiger partial charge is 0.248 e. The fourth-order valence-electron chi connectivity index (χ4n) is 0.370. The van der Waals surface area contributed by atoms with Crippen LogP contribution in [-0.4, -0.2) is 35.4 Å². The van der Waals surface area contributed by atoms with E-state index in [4.69, 9.17) is 5.26 Å². The molecule has 0 unspecified atom stereocenters. The predicted molar refractivity (Wildman–Crippen MR) is 40.1 cm³/mol. The zero-order valence-corrected chi connectivity index (χ0v) is 7.06. The van der Waals surface area contributed by atoms with E-state index in [0.717, 1.165) is 16.4 Å². The number of hydrogen-bond acceptors (Lipinski definition) is 4. The second-order valence-corrected chi connectivity index (χ2v) is 3.11. The maximum atomic E-state index is 11.9. The molecule has 0 fully saturated rings. The Morgan fingerprint density at radius 1 is 1.73 bits per heavy atom. The minimum Gasteiger partial charge on any atom is -0.248 e. The SMILES string of the molecule is CN(CC#N)SN(C)C(=O)F. The number of nitrogens with zero attached hydrogens (tertiary/aromatic N) is 3. The van der Waals surface area contributed by atoms with Crippen LogP contribution in [0, 0.1) is 11.3 Å². The number of carbonyl (C=O) groups excluding carboxylic acids is 1. The summed E-state index contributed by atoms with van der Waals surface area (Å²) in [5.74, 6) is 0. The fraction of sp³-hybridized carbons (Fsp3) is 0.600. The molecule has 0 heterocycles. The van der Waals surface area contributed by atoms with Gasteiger partial charge in [-0.1, -0.05) is 0 Å². The molecule has 0 aliphatic carbocycles. The van der Waals surface area contributed by atoms with Gasteiger partial charge in [0.1, 0.15) is 0 Å². The van der Waals surface area contributed by atoms with E-state index in [9.17, 15) is 9.18 Å². The van der Waals surface area contributed by atoms with Gasteiger partial charge in [-0.05, 0) is 0 Å². The summed E-state index contributed by atoms with van der Waals surface area (Å²) in [6.45, 7) is 0.141. The zero-order chi connectivity index (χ0) is 8.85. The average molecular weight is 177 g/mol. The summed E-state index contributed by atoms with van der Waals surface area (Å²) in [4.78, 5) is 10.0. The standard InChI is InChI=1S/C5H8FN3OS/c1-8(4-3-7)11-9(2)5(6)10/h4H2,1-2H3. The second-order valence-electron chi connectivity index (χ2n) is 1.78. The van der Waals surface area contributed by atoms with E-state index in [2.05, 4.69) is 0 Å². The first-order valence-corrected chi connectivity index (χ1v) is 3.50. The number of rotatable bonds is 3. The highest BCUT2D eigenvalue weighted by Crippen LogP contribution is 2.11. The van der Waals surface area contributed by atoms with Crippen LogP contribution in [0.2, 0.25) is 0 Å². The summed E-state index contributed by atoms with van der Waals surface area (Å²) in [5.41, 5.74) is 0. The lowest BCUT2D eigenvalue weighted by molar-refractivity contribution is 0.209. The van der Waals surface area contributed by atoms with E-state index in [0.29, 0.717) is 0 Å². The second kappa shape index (κ2) is 4.93. The van der Waals surface area contributed by atoms with Gasteiger partial charge in [-0.3, -0.25) is 0 Å². The van der Waals surface area contributed by atoms with Crippen molar-refractivity contribution in [3.8, 4) is 6.07 Å². The third-order valence-electron chi connectivity index (χ3n) is 0.803. The third-order valence-corrected chi connectivity index (χ3v) is 1.60. The summed E-state index contributed by atoms with van der Waals surface area (Å²) in [6, 6.07) is 1.86. The van der Waals surface area contributed by atoms with Gasteiger partial charge in [0.2, 0.25) is 0 Å². The Labute approximate surface area is 68.8 Å². The van der Waals surface area contributed by atoms with Gasteiger partial charge >= 0.3 is 6.16 Å². The Morgan fingerprint density at radius 2 is 2.27 bits per heavy atom. The van der Waals surface area contributed by atoms with E-state index < -0.39 is 6.16 Å². The Kier molecular flexibility index (Phi) is 4.57. The minimum absolute atomic E-state index is 0.141. The Balaban J connectivity index is 3.67. The lowest BCUT2D eigenvalue weighted by Crippen LogP contribution is -2.21. The first-order valence-electron chi connectivity index (χ1n) is 2.77. The minimum atomic E-state index is -1.53. The molecule has 0 saturated carbocycles. The largest absolute Gasteiger partial charge is 0.410 e. The molecule has 0 aromatic carbocycles. The van der Waals surface area contributed by atoms with Crippen LogP contribution < -0.4 is 0 Å². The molecule has 0 rings (SSSR count). The molecule has 6 heteroatoms. The van der Waals surface area contributed by atoms with Crippen LogP contribution in [0.5, 0.6) is 0 Å². The Bertz CT molecular complexity index is 181. The molecular weight excluding hydrogens is 169 g/mol. The maximum Gasteiger partial charge on any atom is 0.410 e. The summed E-state index contributed by atoms with van der Waals surface area (Å²) in [7, 11) is 2.88. The van der Waals surface area contributed by atoms with Gasteiger partial charge < -0.3 is 0 Å². The van der Waals surface area contributed by atoms with Gasteiger partial charge in [0, 0.05) is 26.2 Å². The van der Waals surface area contributed by atoms with Crippen molar-refractivity contribution in [3.05, 3.63) is 0 Å². The first-order chi connectivity index (χ1) is 5.07. The van der Waals surface area contributed by atoms with Crippen LogP contribution >= 0.6 is 12.1 Å². The maximum absolute atomic E-state index is 11.9. The molecule has 0 radical (unpaired) electrons. The van der Waals surface area contributed by atoms with Crippen LogP contribution in [0.15, 0.2) is 0 Å². The molecule has 0 aromatic rings. The molecule has 0 aliphatic heterocycles. The van der Waals surface area contributed by atoms with E-state index >= 15 is 0 Å². The van der Waals surface area contributed by atoms with Gasteiger partial charge in [0.15, 0.2) is 0 Å². The molecule has 0 bridgehead atoms. The lowest BCUT2D eigenvalue weighted by Gasteiger charge is -2.16. The summed E-state index contributed by atoms with van der Waals surface area (Å²) in [5, 5.41) is 8.19.